The lowest BCUT2D eigenvalue weighted by atomic mass is 9.98. The number of benzene rings is 1. The first-order valence-corrected chi connectivity index (χ1v) is 9.69. The van der Waals surface area contributed by atoms with Gasteiger partial charge in [0.15, 0.2) is 0 Å². The van der Waals surface area contributed by atoms with Crippen molar-refractivity contribution < 1.29 is 19.4 Å². The Balaban J connectivity index is 1.51. The van der Waals surface area contributed by atoms with Crippen LogP contribution in [0.1, 0.15) is 30.9 Å². The molecule has 7 heteroatoms. The monoisotopic (exact) mass is 375 g/mol. The Labute approximate surface area is 160 Å². The third kappa shape index (κ3) is 5.76. The second-order valence-corrected chi connectivity index (χ2v) is 7.52. The van der Waals surface area contributed by atoms with Crippen LogP contribution in [-0.4, -0.2) is 60.8 Å². The summed E-state index contributed by atoms with van der Waals surface area (Å²) in [4.78, 5) is 25.2. The SMILES string of the molecule is CC1CNCCC1OCC(=O)Nc1ccc2c(c1)CN(CCC(=O)O)CC2. The molecule has 2 unspecified atom stereocenters. The van der Waals surface area contributed by atoms with Gasteiger partial charge in [0, 0.05) is 31.9 Å². The van der Waals surface area contributed by atoms with Gasteiger partial charge in [-0.25, -0.2) is 0 Å². The minimum Gasteiger partial charge on any atom is -0.481 e. The summed E-state index contributed by atoms with van der Waals surface area (Å²) in [5.74, 6) is -0.504. The van der Waals surface area contributed by atoms with Crippen molar-refractivity contribution in [2.45, 2.75) is 38.8 Å². The molecule has 3 rings (SSSR count). The van der Waals surface area contributed by atoms with E-state index in [2.05, 4.69) is 28.5 Å². The number of amides is 1. The van der Waals surface area contributed by atoms with Gasteiger partial charge in [-0.3, -0.25) is 14.5 Å². The number of fused-ring (bicyclic) bond motifs is 1. The molecule has 0 radical (unpaired) electrons. The van der Waals surface area contributed by atoms with Crippen LogP contribution in [0.15, 0.2) is 18.2 Å². The summed E-state index contributed by atoms with van der Waals surface area (Å²) in [5, 5.41) is 15.1. The normalized spacial score (nSPS) is 22.9. The Kier molecular flexibility index (Phi) is 6.82. The van der Waals surface area contributed by atoms with Gasteiger partial charge in [-0.05, 0) is 48.6 Å². The van der Waals surface area contributed by atoms with Crippen molar-refractivity contribution in [2.24, 2.45) is 5.92 Å². The zero-order valence-electron chi connectivity index (χ0n) is 15.9. The summed E-state index contributed by atoms with van der Waals surface area (Å²) < 4.78 is 5.80. The molecule has 7 nitrogen and oxygen atoms in total. The number of anilines is 1. The fourth-order valence-corrected chi connectivity index (χ4v) is 3.76. The number of hydrogen-bond donors (Lipinski definition) is 3. The topological polar surface area (TPSA) is 90.9 Å². The van der Waals surface area contributed by atoms with Gasteiger partial charge < -0.3 is 20.5 Å². The highest BCUT2D eigenvalue weighted by Crippen LogP contribution is 2.23. The number of aliphatic carboxylic acids is 1. The average Bonchev–Trinajstić information content (AvgIpc) is 2.65. The van der Waals surface area contributed by atoms with E-state index in [1.54, 1.807) is 0 Å². The van der Waals surface area contributed by atoms with E-state index in [9.17, 15) is 9.59 Å². The number of nitrogens with zero attached hydrogens (tertiary/aromatic N) is 1. The predicted octanol–water partition coefficient (Wildman–Crippen LogP) is 1.47. The molecule has 1 fully saturated rings. The van der Waals surface area contributed by atoms with Gasteiger partial charge in [-0.15, -0.1) is 0 Å². The zero-order valence-corrected chi connectivity index (χ0v) is 15.9. The quantitative estimate of drug-likeness (QED) is 0.669. The first-order valence-electron chi connectivity index (χ1n) is 9.69. The predicted molar refractivity (Wildman–Crippen MR) is 103 cm³/mol. The van der Waals surface area contributed by atoms with E-state index in [1.165, 1.54) is 5.56 Å². The van der Waals surface area contributed by atoms with E-state index in [4.69, 9.17) is 9.84 Å². The van der Waals surface area contributed by atoms with Crippen molar-refractivity contribution in [2.75, 3.05) is 38.1 Å². The minimum absolute atomic E-state index is 0.0663. The molecule has 1 aromatic rings. The molecule has 27 heavy (non-hydrogen) atoms. The number of hydrogen-bond acceptors (Lipinski definition) is 5. The molecular formula is C20H29N3O4. The van der Waals surface area contributed by atoms with E-state index in [1.807, 2.05) is 12.1 Å². The number of carboxylic acids is 1. The Morgan fingerprint density at radius 2 is 2.22 bits per heavy atom. The maximum Gasteiger partial charge on any atom is 0.304 e. The molecule has 1 amide bonds. The Morgan fingerprint density at radius 3 is 3.00 bits per heavy atom. The number of nitrogens with one attached hydrogen (secondary N) is 2. The maximum atomic E-state index is 12.2. The largest absolute Gasteiger partial charge is 0.481 e. The number of rotatable bonds is 7. The standard InChI is InChI=1S/C20H29N3O4/c1-14-11-21-7-4-18(14)27-13-19(24)22-17-3-2-15-5-8-23(9-6-20(25)26)12-16(15)10-17/h2-3,10,14,18,21H,4-9,11-13H2,1H3,(H,22,24)(H,25,26). The zero-order chi connectivity index (χ0) is 19.2. The van der Waals surface area contributed by atoms with Crippen LogP contribution in [0.2, 0.25) is 0 Å². The van der Waals surface area contributed by atoms with Gasteiger partial charge in [0.05, 0.1) is 12.5 Å². The Hall–Kier alpha value is -1.96. The summed E-state index contributed by atoms with van der Waals surface area (Å²) in [6.45, 7) is 6.19. The van der Waals surface area contributed by atoms with Crippen molar-refractivity contribution in [1.82, 2.24) is 10.2 Å². The number of carboxylic acid groups (broad SMARTS) is 1. The molecule has 0 bridgehead atoms. The lowest BCUT2D eigenvalue weighted by Gasteiger charge is -2.29. The summed E-state index contributed by atoms with van der Waals surface area (Å²) in [5.41, 5.74) is 3.18. The van der Waals surface area contributed by atoms with Gasteiger partial charge in [0.25, 0.3) is 0 Å². The fourth-order valence-electron chi connectivity index (χ4n) is 3.76. The third-order valence-corrected chi connectivity index (χ3v) is 5.36. The fraction of sp³-hybridized carbons (Fsp3) is 0.600. The van der Waals surface area contributed by atoms with Gasteiger partial charge in [0.2, 0.25) is 5.91 Å². The third-order valence-electron chi connectivity index (χ3n) is 5.36. The van der Waals surface area contributed by atoms with Crippen LogP contribution in [0, 0.1) is 5.92 Å². The lowest BCUT2D eigenvalue weighted by molar-refractivity contribution is -0.137. The summed E-state index contributed by atoms with van der Waals surface area (Å²) in [6, 6.07) is 5.97. The Bertz CT molecular complexity index is 679. The molecule has 0 spiro atoms. The molecule has 0 aliphatic carbocycles. The lowest BCUT2D eigenvalue weighted by Crippen LogP contribution is -2.40. The molecule has 2 heterocycles. The van der Waals surface area contributed by atoms with Crippen LogP contribution in [0.5, 0.6) is 0 Å². The molecular weight excluding hydrogens is 346 g/mol. The van der Waals surface area contributed by atoms with E-state index >= 15 is 0 Å². The Morgan fingerprint density at radius 1 is 1.37 bits per heavy atom. The first kappa shape index (κ1) is 19.8. The number of ether oxygens (including phenoxy) is 1. The minimum atomic E-state index is -0.773. The van der Waals surface area contributed by atoms with Crippen LogP contribution < -0.4 is 10.6 Å². The summed E-state index contributed by atoms with van der Waals surface area (Å²) >= 11 is 0. The van der Waals surface area contributed by atoms with Crippen molar-refractivity contribution >= 4 is 17.6 Å². The summed E-state index contributed by atoms with van der Waals surface area (Å²) in [7, 11) is 0. The van der Waals surface area contributed by atoms with Crippen molar-refractivity contribution in [1.29, 1.82) is 0 Å². The molecule has 148 valence electrons. The van der Waals surface area contributed by atoms with Crippen molar-refractivity contribution in [3.05, 3.63) is 29.3 Å². The highest BCUT2D eigenvalue weighted by atomic mass is 16.5. The van der Waals surface area contributed by atoms with E-state index in [0.29, 0.717) is 12.5 Å². The highest BCUT2D eigenvalue weighted by Gasteiger charge is 2.22. The van der Waals surface area contributed by atoms with Gasteiger partial charge in [0.1, 0.15) is 6.61 Å². The molecule has 0 aromatic heterocycles. The molecule has 3 N–H and O–H groups in total. The van der Waals surface area contributed by atoms with E-state index in [-0.39, 0.29) is 25.0 Å². The molecule has 2 aliphatic rings. The number of carbonyl (C=O) groups is 2. The smallest absolute Gasteiger partial charge is 0.304 e. The van der Waals surface area contributed by atoms with Crippen LogP contribution in [0.25, 0.3) is 0 Å². The van der Waals surface area contributed by atoms with Gasteiger partial charge >= 0.3 is 5.97 Å². The highest BCUT2D eigenvalue weighted by molar-refractivity contribution is 5.91. The molecule has 2 aliphatic heterocycles. The maximum absolute atomic E-state index is 12.2. The van der Waals surface area contributed by atoms with Crippen molar-refractivity contribution in [3.8, 4) is 0 Å². The van der Waals surface area contributed by atoms with Gasteiger partial charge in [-0.1, -0.05) is 13.0 Å². The van der Waals surface area contributed by atoms with Crippen molar-refractivity contribution in [3.63, 3.8) is 0 Å². The van der Waals surface area contributed by atoms with Crippen LogP contribution in [-0.2, 0) is 27.3 Å². The number of carbonyl (C=O) groups excluding carboxylic acids is 1. The van der Waals surface area contributed by atoms with E-state index < -0.39 is 5.97 Å². The molecule has 1 aromatic carbocycles. The number of piperidine rings is 1. The second-order valence-electron chi connectivity index (χ2n) is 7.52. The van der Waals surface area contributed by atoms with Crippen LogP contribution >= 0.6 is 0 Å². The van der Waals surface area contributed by atoms with Gasteiger partial charge in [-0.2, -0.15) is 0 Å². The average molecular weight is 375 g/mol. The molecule has 0 saturated carbocycles. The first-order chi connectivity index (χ1) is 13.0. The van der Waals surface area contributed by atoms with E-state index in [0.717, 1.165) is 50.3 Å². The summed E-state index contributed by atoms with van der Waals surface area (Å²) in [6.07, 6.45) is 2.11. The van der Waals surface area contributed by atoms with Crippen LogP contribution in [0.3, 0.4) is 0 Å². The second kappa shape index (κ2) is 9.30. The van der Waals surface area contributed by atoms with Crippen LogP contribution in [0.4, 0.5) is 5.69 Å². The molecule has 1 saturated heterocycles. The molecule has 2 atom stereocenters.